The van der Waals surface area contributed by atoms with E-state index in [4.69, 9.17) is 9.84 Å². The molecule has 0 aromatic rings. The van der Waals surface area contributed by atoms with Gasteiger partial charge in [0.1, 0.15) is 0 Å². The molecule has 14 heavy (non-hydrogen) atoms. The second-order valence-corrected chi connectivity index (χ2v) is 3.49. The second kappa shape index (κ2) is 5.78. The highest BCUT2D eigenvalue weighted by Crippen LogP contribution is 2.16. The molecular formula is C10H17NO3. The summed E-state index contributed by atoms with van der Waals surface area (Å²) in [6.07, 6.45) is 5.21. The first kappa shape index (κ1) is 11.2. The van der Waals surface area contributed by atoms with E-state index < -0.39 is 5.97 Å². The van der Waals surface area contributed by atoms with E-state index in [1.54, 1.807) is 13.2 Å². The molecule has 0 aliphatic carbocycles. The van der Waals surface area contributed by atoms with E-state index in [2.05, 4.69) is 4.90 Å². The van der Waals surface area contributed by atoms with Gasteiger partial charge in [-0.15, -0.1) is 0 Å². The normalized spacial score (nSPS) is 23.4. The van der Waals surface area contributed by atoms with Crippen molar-refractivity contribution in [2.45, 2.75) is 18.9 Å². The monoisotopic (exact) mass is 199 g/mol. The Morgan fingerprint density at radius 2 is 2.50 bits per heavy atom. The maximum atomic E-state index is 10.3. The van der Waals surface area contributed by atoms with Gasteiger partial charge in [0.25, 0.3) is 0 Å². The highest BCUT2D eigenvalue weighted by molar-refractivity contribution is 5.79. The molecule has 4 nitrogen and oxygen atoms in total. The standard InChI is InChI=1S/C10H17NO3/c1-14-8-9-4-2-6-11(9)7-3-5-10(12)13/h3,5,9H,2,4,6-8H2,1H3,(H,12,13)/b5-3+/t9-/m0/s1. The van der Waals surface area contributed by atoms with Gasteiger partial charge in [-0.2, -0.15) is 0 Å². The zero-order valence-electron chi connectivity index (χ0n) is 8.48. The van der Waals surface area contributed by atoms with Crippen molar-refractivity contribution < 1.29 is 14.6 Å². The van der Waals surface area contributed by atoms with Crippen LogP contribution < -0.4 is 0 Å². The average Bonchev–Trinajstić information content (AvgIpc) is 2.53. The van der Waals surface area contributed by atoms with Crippen LogP contribution in [0.25, 0.3) is 0 Å². The minimum absolute atomic E-state index is 0.457. The van der Waals surface area contributed by atoms with Gasteiger partial charge < -0.3 is 9.84 Å². The predicted molar refractivity (Wildman–Crippen MR) is 53.2 cm³/mol. The van der Waals surface area contributed by atoms with Crippen molar-refractivity contribution in [3.63, 3.8) is 0 Å². The molecule has 4 heteroatoms. The number of methoxy groups -OCH3 is 1. The molecule has 1 aliphatic heterocycles. The van der Waals surface area contributed by atoms with Crippen molar-refractivity contribution >= 4 is 5.97 Å². The minimum Gasteiger partial charge on any atom is -0.478 e. The predicted octanol–water partition coefficient (Wildman–Crippen LogP) is 0.738. The zero-order valence-corrected chi connectivity index (χ0v) is 8.48. The maximum Gasteiger partial charge on any atom is 0.328 e. The lowest BCUT2D eigenvalue weighted by Gasteiger charge is -2.21. The number of carboxylic acids is 1. The van der Waals surface area contributed by atoms with E-state index in [0.717, 1.165) is 19.6 Å². The topological polar surface area (TPSA) is 49.8 Å². The minimum atomic E-state index is -0.882. The van der Waals surface area contributed by atoms with Crippen molar-refractivity contribution in [1.82, 2.24) is 4.90 Å². The fraction of sp³-hybridized carbons (Fsp3) is 0.700. The van der Waals surface area contributed by atoms with Crippen LogP contribution in [0.2, 0.25) is 0 Å². The van der Waals surface area contributed by atoms with E-state index in [-0.39, 0.29) is 0 Å². The third-order valence-corrected chi connectivity index (χ3v) is 2.46. The van der Waals surface area contributed by atoms with Gasteiger partial charge in [-0.1, -0.05) is 6.08 Å². The summed E-state index contributed by atoms with van der Waals surface area (Å²) in [6, 6.07) is 0.457. The molecule has 0 aromatic heterocycles. The number of rotatable bonds is 5. The molecule has 0 unspecified atom stereocenters. The van der Waals surface area contributed by atoms with Crippen LogP contribution in [-0.4, -0.2) is 48.8 Å². The van der Waals surface area contributed by atoms with Crippen LogP contribution in [0.15, 0.2) is 12.2 Å². The third-order valence-electron chi connectivity index (χ3n) is 2.46. The Kier molecular flexibility index (Phi) is 4.62. The molecule has 1 saturated heterocycles. The molecule has 0 spiro atoms. The van der Waals surface area contributed by atoms with E-state index in [0.29, 0.717) is 12.6 Å². The summed E-state index contributed by atoms with van der Waals surface area (Å²) in [7, 11) is 1.70. The fourth-order valence-corrected chi connectivity index (χ4v) is 1.81. The van der Waals surface area contributed by atoms with Crippen LogP contribution in [0.3, 0.4) is 0 Å². The van der Waals surface area contributed by atoms with Crippen molar-refractivity contribution in [2.75, 3.05) is 26.8 Å². The Balaban J connectivity index is 2.32. The van der Waals surface area contributed by atoms with E-state index in [1.165, 1.54) is 12.5 Å². The smallest absolute Gasteiger partial charge is 0.328 e. The quantitative estimate of drug-likeness (QED) is 0.663. The summed E-state index contributed by atoms with van der Waals surface area (Å²) in [4.78, 5) is 12.5. The number of ether oxygens (including phenoxy) is 1. The molecule has 1 N–H and O–H groups in total. The summed E-state index contributed by atoms with van der Waals surface area (Å²) in [5, 5.41) is 8.43. The summed E-state index contributed by atoms with van der Waals surface area (Å²) < 4.78 is 5.10. The van der Waals surface area contributed by atoms with Crippen LogP contribution in [0.4, 0.5) is 0 Å². The van der Waals surface area contributed by atoms with Gasteiger partial charge in [0.2, 0.25) is 0 Å². The number of nitrogens with zero attached hydrogens (tertiary/aromatic N) is 1. The molecule has 0 amide bonds. The molecule has 1 aliphatic rings. The number of carboxylic acid groups (broad SMARTS) is 1. The van der Waals surface area contributed by atoms with E-state index in [9.17, 15) is 4.79 Å². The van der Waals surface area contributed by atoms with Gasteiger partial charge in [-0.3, -0.25) is 4.90 Å². The van der Waals surface area contributed by atoms with Crippen molar-refractivity contribution in [1.29, 1.82) is 0 Å². The molecule has 0 bridgehead atoms. The van der Waals surface area contributed by atoms with Crippen LogP contribution in [0.1, 0.15) is 12.8 Å². The molecular weight excluding hydrogens is 182 g/mol. The summed E-state index contributed by atoms with van der Waals surface area (Å²) >= 11 is 0. The van der Waals surface area contributed by atoms with Crippen molar-refractivity contribution in [3.05, 3.63) is 12.2 Å². The lowest BCUT2D eigenvalue weighted by atomic mass is 10.2. The van der Waals surface area contributed by atoms with Gasteiger partial charge in [0, 0.05) is 25.8 Å². The Labute approximate surface area is 84.2 Å². The first-order valence-electron chi connectivity index (χ1n) is 4.86. The summed E-state index contributed by atoms with van der Waals surface area (Å²) in [5.74, 6) is -0.882. The van der Waals surface area contributed by atoms with Gasteiger partial charge in [0.15, 0.2) is 0 Å². The lowest BCUT2D eigenvalue weighted by molar-refractivity contribution is -0.131. The molecule has 1 atom stereocenters. The fourth-order valence-electron chi connectivity index (χ4n) is 1.81. The molecule has 0 aromatic carbocycles. The van der Waals surface area contributed by atoms with Gasteiger partial charge in [0.05, 0.1) is 6.61 Å². The van der Waals surface area contributed by atoms with Crippen LogP contribution in [-0.2, 0) is 9.53 Å². The van der Waals surface area contributed by atoms with Crippen LogP contribution >= 0.6 is 0 Å². The summed E-state index contributed by atoms with van der Waals surface area (Å²) in [5.41, 5.74) is 0. The molecule has 1 heterocycles. The molecule has 1 fully saturated rings. The van der Waals surface area contributed by atoms with Crippen LogP contribution in [0, 0.1) is 0 Å². The van der Waals surface area contributed by atoms with Gasteiger partial charge >= 0.3 is 5.97 Å². The van der Waals surface area contributed by atoms with Crippen molar-refractivity contribution in [2.24, 2.45) is 0 Å². The first-order valence-corrected chi connectivity index (χ1v) is 4.86. The number of aliphatic carboxylic acids is 1. The molecule has 1 rings (SSSR count). The Morgan fingerprint density at radius 1 is 1.71 bits per heavy atom. The summed E-state index contributed by atoms with van der Waals surface area (Å²) in [6.45, 7) is 2.49. The zero-order chi connectivity index (χ0) is 10.4. The highest BCUT2D eigenvalue weighted by atomic mass is 16.5. The van der Waals surface area contributed by atoms with E-state index >= 15 is 0 Å². The van der Waals surface area contributed by atoms with Crippen LogP contribution in [0.5, 0.6) is 0 Å². The number of hydrogen-bond acceptors (Lipinski definition) is 3. The van der Waals surface area contributed by atoms with Gasteiger partial charge in [-0.25, -0.2) is 4.79 Å². The Hall–Kier alpha value is -0.870. The SMILES string of the molecule is COC[C@@H]1CCCN1C/C=C/C(=O)O. The van der Waals surface area contributed by atoms with Crippen molar-refractivity contribution in [3.8, 4) is 0 Å². The van der Waals surface area contributed by atoms with Gasteiger partial charge in [-0.05, 0) is 19.4 Å². The molecule has 80 valence electrons. The lowest BCUT2D eigenvalue weighted by Crippen LogP contribution is -2.32. The first-order chi connectivity index (χ1) is 6.74. The maximum absolute atomic E-state index is 10.3. The third kappa shape index (κ3) is 3.47. The van der Waals surface area contributed by atoms with E-state index in [1.807, 2.05) is 0 Å². The number of hydrogen-bond donors (Lipinski definition) is 1. The molecule has 0 saturated carbocycles. The average molecular weight is 199 g/mol. The Bertz CT molecular complexity index is 215. The Morgan fingerprint density at radius 3 is 3.14 bits per heavy atom. The number of carbonyl (C=O) groups is 1. The molecule has 0 radical (unpaired) electrons. The highest BCUT2D eigenvalue weighted by Gasteiger charge is 2.22. The largest absolute Gasteiger partial charge is 0.478 e. The number of likely N-dealkylation sites (tertiary alicyclic amines) is 1. The second-order valence-electron chi connectivity index (χ2n) is 3.49.